The Labute approximate surface area is 107 Å². The molecule has 18 heavy (non-hydrogen) atoms. The smallest absolute Gasteiger partial charge is 0.336 e. The Bertz CT molecular complexity index is 344. The fourth-order valence-electron chi connectivity index (χ4n) is 1.74. The number of carbonyl (C=O) groups is 2. The van der Waals surface area contributed by atoms with Crippen LogP contribution in [0.3, 0.4) is 0 Å². The lowest BCUT2D eigenvalue weighted by molar-refractivity contribution is -0.168. The first-order valence-corrected chi connectivity index (χ1v) is 6.03. The summed E-state index contributed by atoms with van der Waals surface area (Å²) < 4.78 is 4.98. The van der Waals surface area contributed by atoms with Crippen LogP contribution in [0.1, 0.15) is 26.2 Å². The lowest BCUT2D eigenvalue weighted by Crippen LogP contribution is -2.28. The van der Waals surface area contributed by atoms with Crippen molar-refractivity contribution in [1.29, 1.82) is 0 Å². The molecule has 1 saturated heterocycles. The predicted molar refractivity (Wildman–Crippen MR) is 65.3 cm³/mol. The Morgan fingerprint density at radius 2 is 2.17 bits per heavy atom. The Morgan fingerprint density at radius 1 is 1.44 bits per heavy atom. The van der Waals surface area contributed by atoms with Gasteiger partial charge in [0.05, 0.1) is 25.7 Å². The van der Waals surface area contributed by atoms with Gasteiger partial charge in [-0.05, 0) is 19.8 Å². The van der Waals surface area contributed by atoms with Crippen LogP contribution in [0.25, 0.3) is 0 Å². The first-order valence-electron chi connectivity index (χ1n) is 6.03. The van der Waals surface area contributed by atoms with E-state index in [1.54, 1.807) is 6.92 Å². The number of allylic oxidation sites excluding steroid dienone is 1. The molecule has 0 aromatic heterocycles. The van der Waals surface area contributed by atoms with Gasteiger partial charge in [-0.1, -0.05) is 0 Å². The van der Waals surface area contributed by atoms with E-state index in [1.165, 1.54) is 14.2 Å². The highest BCUT2D eigenvalue weighted by Crippen LogP contribution is 2.19. The minimum atomic E-state index is -0.431. The molecule has 1 aliphatic heterocycles. The van der Waals surface area contributed by atoms with Gasteiger partial charge in [0, 0.05) is 19.3 Å². The van der Waals surface area contributed by atoms with Crippen molar-refractivity contribution < 1.29 is 19.2 Å². The minimum absolute atomic E-state index is 0.00843. The van der Waals surface area contributed by atoms with E-state index in [9.17, 15) is 9.59 Å². The van der Waals surface area contributed by atoms with E-state index in [-0.39, 0.29) is 12.3 Å². The van der Waals surface area contributed by atoms with E-state index in [1.807, 2.05) is 0 Å². The molecule has 0 atom stereocenters. The molecule has 1 aliphatic rings. The van der Waals surface area contributed by atoms with Crippen molar-refractivity contribution >= 4 is 11.9 Å². The van der Waals surface area contributed by atoms with E-state index in [2.05, 4.69) is 5.32 Å². The van der Waals surface area contributed by atoms with E-state index in [0.29, 0.717) is 12.2 Å². The number of carbonyl (C=O) groups excluding carboxylic acids is 2. The van der Waals surface area contributed by atoms with Gasteiger partial charge in [-0.3, -0.25) is 9.63 Å². The topological polar surface area (TPSA) is 67.9 Å². The highest BCUT2D eigenvalue weighted by Gasteiger charge is 2.23. The number of esters is 1. The highest BCUT2D eigenvalue weighted by molar-refractivity contribution is 5.95. The number of hydrogen-bond acceptors (Lipinski definition) is 5. The number of hydrogen-bond donors (Lipinski definition) is 1. The Morgan fingerprint density at radius 3 is 2.67 bits per heavy atom. The lowest BCUT2D eigenvalue weighted by atomic mass is 10.1. The Balaban J connectivity index is 2.82. The molecule has 0 radical (unpaired) electrons. The number of nitrogens with one attached hydrogen (secondary N) is 1. The molecule has 0 unspecified atom stereocenters. The maximum absolute atomic E-state index is 11.8. The van der Waals surface area contributed by atoms with Gasteiger partial charge in [0.1, 0.15) is 0 Å². The molecule has 6 nitrogen and oxygen atoms in total. The number of rotatable bonds is 5. The molecule has 1 rings (SSSR count). The fourth-order valence-corrected chi connectivity index (χ4v) is 1.74. The van der Waals surface area contributed by atoms with Crippen LogP contribution in [0.4, 0.5) is 0 Å². The molecule has 0 spiro atoms. The quantitative estimate of drug-likeness (QED) is 0.443. The minimum Gasteiger partial charge on any atom is -0.463 e. The Kier molecular flexibility index (Phi) is 5.64. The monoisotopic (exact) mass is 256 g/mol. The number of ether oxygens (including phenoxy) is 1. The van der Waals surface area contributed by atoms with Gasteiger partial charge in [-0.15, -0.1) is 0 Å². The first-order chi connectivity index (χ1) is 8.60. The highest BCUT2D eigenvalue weighted by atomic mass is 16.7. The zero-order chi connectivity index (χ0) is 13.5. The third-order valence-corrected chi connectivity index (χ3v) is 2.78. The van der Waals surface area contributed by atoms with Crippen molar-refractivity contribution in [3.63, 3.8) is 0 Å². The van der Waals surface area contributed by atoms with Crippen molar-refractivity contribution in [1.82, 2.24) is 10.4 Å². The van der Waals surface area contributed by atoms with Crippen molar-refractivity contribution in [3.05, 3.63) is 11.3 Å². The summed E-state index contributed by atoms with van der Waals surface area (Å²) in [7, 11) is 2.92. The van der Waals surface area contributed by atoms with E-state index in [0.717, 1.165) is 30.1 Å². The summed E-state index contributed by atoms with van der Waals surface area (Å²) in [5, 5.41) is 4.23. The molecule has 0 aromatic rings. The van der Waals surface area contributed by atoms with Crippen LogP contribution in [0.2, 0.25) is 0 Å². The second kappa shape index (κ2) is 7.00. The summed E-state index contributed by atoms with van der Waals surface area (Å²) in [6.45, 7) is 2.86. The molecule has 1 fully saturated rings. The van der Waals surface area contributed by atoms with Crippen molar-refractivity contribution in [2.24, 2.45) is 0 Å². The second-order valence-electron chi connectivity index (χ2n) is 3.96. The summed E-state index contributed by atoms with van der Waals surface area (Å²) >= 11 is 0. The molecule has 0 aliphatic carbocycles. The van der Waals surface area contributed by atoms with E-state index >= 15 is 0 Å². The van der Waals surface area contributed by atoms with E-state index in [4.69, 9.17) is 9.57 Å². The average Bonchev–Trinajstić information content (AvgIpc) is 2.88. The molecule has 102 valence electrons. The molecular weight excluding hydrogens is 236 g/mol. The molecule has 6 heteroatoms. The van der Waals surface area contributed by atoms with Crippen LogP contribution in [-0.2, 0) is 19.2 Å². The standard InChI is InChI=1S/C12H20N2O4/c1-4-18-12(16)9(10-6-5-7-13-10)8-11(15)14(2)17-3/h13H,4-8H2,1-3H3/b10-9+. The van der Waals surface area contributed by atoms with Crippen molar-refractivity contribution in [2.75, 3.05) is 27.3 Å². The maximum Gasteiger partial charge on any atom is 0.336 e. The number of nitrogens with zero attached hydrogens (tertiary/aromatic N) is 1. The maximum atomic E-state index is 11.8. The van der Waals surface area contributed by atoms with Crippen molar-refractivity contribution in [3.8, 4) is 0 Å². The molecule has 0 bridgehead atoms. The van der Waals surface area contributed by atoms with Gasteiger partial charge in [-0.25, -0.2) is 9.86 Å². The largest absolute Gasteiger partial charge is 0.463 e. The summed E-state index contributed by atoms with van der Waals surface area (Å²) in [5.74, 6) is -0.707. The molecule has 0 aromatic carbocycles. The van der Waals surface area contributed by atoms with Crippen LogP contribution in [0, 0.1) is 0 Å². The zero-order valence-corrected chi connectivity index (χ0v) is 11.1. The predicted octanol–water partition coefficient (Wildman–Crippen LogP) is 0.597. The van der Waals surface area contributed by atoms with Gasteiger partial charge in [0.25, 0.3) is 5.91 Å². The summed E-state index contributed by atoms with van der Waals surface area (Å²) in [6.07, 6.45) is 1.73. The van der Waals surface area contributed by atoms with Crippen LogP contribution < -0.4 is 5.32 Å². The van der Waals surface area contributed by atoms with Gasteiger partial charge in [0.2, 0.25) is 0 Å². The molecule has 1 amide bonds. The van der Waals surface area contributed by atoms with Gasteiger partial charge < -0.3 is 10.1 Å². The normalized spacial score (nSPS) is 17.1. The van der Waals surface area contributed by atoms with Crippen LogP contribution in [0.5, 0.6) is 0 Å². The van der Waals surface area contributed by atoms with Crippen LogP contribution in [0.15, 0.2) is 11.3 Å². The third kappa shape index (κ3) is 3.73. The third-order valence-electron chi connectivity index (χ3n) is 2.78. The second-order valence-corrected chi connectivity index (χ2v) is 3.96. The summed E-state index contributed by atoms with van der Waals surface area (Å²) in [5.41, 5.74) is 1.22. The van der Waals surface area contributed by atoms with Crippen molar-refractivity contribution in [2.45, 2.75) is 26.2 Å². The average molecular weight is 256 g/mol. The zero-order valence-electron chi connectivity index (χ0n) is 11.1. The van der Waals surface area contributed by atoms with Gasteiger partial charge >= 0.3 is 5.97 Å². The summed E-state index contributed by atoms with van der Waals surface area (Å²) in [4.78, 5) is 28.4. The molecule has 1 heterocycles. The summed E-state index contributed by atoms with van der Waals surface area (Å²) in [6, 6.07) is 0. The number of amides is 1. The fraction of sp³-hybridized carbons (Fsp3) is 0.667. The Hall–Kier alpha value is -1.56. The molecule has 0 saturated carbocycles. The van der Waals surface area contributed by atoms with Gasteiger partial charge in [-0.2, -0.15) is 0 Å². The van der Waals surface area contributed by atoms with Crippen LogP contribution in [-0.4, -0.2) is 44.2 Å². The first kappa shape index (κ1) is 14.5. The van der Waals surface area contributed by atoms with E-state index < -0.39 is 5.97 Å². The molecular formula is C12H20N2O4. The number of hydroxylamine groups is 2. The molecule has 1 N–H and O–H groups in total. The lowest BCUT2D eigenvalue weighted by Gasteiger charge is -2.16. The van der Waals surface area contributed by atoms with Gasteiger partial charge in [0.15, 0.2) is 0 Å². The van der Waals surface area contributed by atoms with Crippen LogP contribution >= 0.6 is 0 Å². The SMILES string of the molecule is CCOC(=O)/C(CC(=O)N(C)OC)=C1\CCCN1.